The Bertz CT molecular complexity index is 1060. The van der Waals surface area contributed by atoms with Gasteiger partial charge in [-0.15, -0.1) is 0 Å². The lowest BCUT2D eigenvalue weighted by Crippen LogP contribution is -2.15. The maximum absolute atomic E-state index is 12.6. The first-order valence-electron chi connectivity index (χ1n) is 8.34. The third-order valence-electron chi connectivity index (χ3n) is 3.99. The lowest BCUT2D eigenvalue weighted by atomic mass is 10.2. The van der Waals surface area contributed by atoms with Crippen molar-refractivity contribution in [3.8, 4) is 17.1 Å². The van der Waals surface area contributed by atoms with Gasteiger partial charge in [-0.05, 0) is 48.5 Å². The van der Waals surface area contributed by atoms with Gasteiger partial charge in [-0.3, -0.25) is 9.78 Å². The number of nitrogens with zero attached hydrogens (tertiary/aromatic N) is 3. The van der Waals surface area contributed by atoms with E-state index >= 15 is 0 Å². The smallest absolute Gasteiger partial charge is 0.256 e. The number of nitrogens with one attached hydrogen (secondary N) is 1. The quantitative estimate of drug-likeness (QED) is 0.556. The highest BCUT2D eigenvalue weighted by molar-refractivity contribution is 6.30. The van der Waals surface area contributed by atoms with Crippen molar-refractivity contribution in [3.05, 3.63) is 95.6 Å². The van der Waals surface area contributed by atoms with Gasteiger partial charge in [-0.2, -0.15) is 5.10 Å². The van der Waals surface area contributed by atoms with Crippen LogP contribution >= 0.6 is 11.6 Å². The van der Waals surface area contributed by atoms with Gasteiger partial charge in [0.1, 0.15) is 11.5 Å². The predicted molar refractivity (Wildman–Crippen MR) is 106 cm³/mol. The van der Waals surface area contributed by atoms with Crippen LogP contribution in [0.15, 0.2) is 85.1 Å². The van der Waals surface area contributed by atoms with E-state index in [9.17, 15) is 4.79 Å². The summed E-state index contributed by atoms with van der Waals surface area (Å²) in [6.07, 6.45) is 1.71. The summed E-state index contributed by atoms with van der Waals surface area (Å²) in [5.41, 5.74) is 2.76. The highest BCUT2D eigenvalue weighted by Gasteiger charge is 2.15. The number of para-hydroxylation sites is 1. The number of carbonyl (C=O) groups excluding carboxylic acids is 1. The summed E-state index contributed by atoms with van der Waals surface area (Å²) in [6.45, 7) is 0. The van der Waals surface area contributed by atoms with Crippen LogP contribution in [0.2, 0.25) is 5.02 Å². The van der Waals surface area contributed by atoms with E-state index in [2.05, 4.69) is 15.4 Å². The molecule has 2 heterocycles. The molecule has 0 atom stereocenters. The topological polar surface area (TPSA) is 59.8 Å². The second-order valence-electron chi connectivity index (χ2n) is 5.84. The van der Waals surface area contributed by atoms with Gasteiger partial charge in [0.05, 0.1) is 11.4 Å². The first kappa shape index (κ1) is 17.0. The molecule has 0 saturated heterocycles. The van der Waals surface area contributed by atoms with Crippen molar-refractivity contribution in [1.29, 1.82) is 0 Å². The van der Waals surface area contributed by atoms with E-state index in [1.807, 2.05) is 54.6 Å². The molecular weight excluding hydrogens is 360 g/mol. The molecule has 2 aromatic carbocycles. The summed E-state index contributed by atoms with van der Waals surface area (Å²) in [5.74, 6) is 0.318. The van der Waals surface area contributed by atoms with E-state index in [-0.39, 0.29) is 5.91 Å². The monoisotopic (exact) mass is 374 g/mol. The van der Waals surface area contributed by atoms with Crippen molar-refractivity contribution >= 4 is 23.3 Å². The van der Waals surface area contributed by atoms with Crippen LogP contribution < -0.4 is 5.32 Å². The van der Waals surface area contributed by atoms with Gasteiger partial charge in [0.25, 0.3) is 5.91 Å². The Morgan fingerprint density at radius 1 is 0.889 bits per heavy atom. The number of hydrogen-bond acceptors (Lipinski definition) is 3. The number of carbonyl (C=O) groups is 1. The van der Waals surface area contributed by atoms with Crippen LogP contribution in [0.4, 0.5) is 5.82 Å². The van der Waals surface area contributed by atoms with Gasteiger partial charge >= 0.3 is 0 Å². The number of pyridine rings is 1. The SMILES string of the molecule is O=C(Nc1cc(-c2ccccn2)nn1-c1ccccc1)c1ccc(Cl)cc1. The second kappa shape index (κ2) is 7.43. The molecule has 0 fully saturated rings. The van der Waals surface area contributed by atoms with Gasteiger partial charge in [-0.25, -0.2) is 4.68 Å². The van der Waals surface area contributed by atoms with E-state index in [4.69, 9.17) is 11.6 Å². The van der Waals surface area contributed by atoms with Crippen molar-refractivity contribution in [1.82, 2.24) is 14.8 Å². The van der Waals surface area contributed by atoms with Crippen LogP contribution in [0.25, 0.3) is 17.1 Å². The summed E-state index contributed by atoms with van der Waals surface area (Å²) >= 11 is 5.90. The third-order valence-corrected chi connectivity index (χ3v) is 4.24. The van der Waals surface area contributed by atoms with E-state index in [0.29, 0.717) is 22.1 Å². The average Bonchev–Trinajstić information content (AvgIpc) is 3.13. The van der Waals surface area contributed by atoms with Crippen LogP contribution in [-0.4, -0.2) is 20.7 Å². The van der Waals surface area contributed by atoms with Crippen LogP contribution in [0, 0.1) is 0 Å². The Balaban J connectivity index is 1.73. The second-order valence-corrected chi connectivity index (χ2v) is 6.27. The molecule has 0 aliphatic rings. The Morgan fingerprint density at radius 2 is 1.63 bits per heavy atom. The Labute approximate surface area is 161 Å². The van der Waals surface area contributed by atoms with Crippen LogP contribution in [0.5, 0.6) is 0 Å². The van der Waals surface area contributed by atoms with Gasteiger partial charge in [0, 0.05) is 22.8 Å². The number of halogens is 1. The zero-order chi connectivity index (χ0) is 18.6. The Hall–Kier alpha value is -3.44. The summed E-state index contributed by atoms with van der Waals surface area (Å²) in [7, 11) is 0. The summed E-state index contributed by atoms with van der Waals surface area (Å²) in [5, 5.41) is 8.14. The lowest BCUT2D eigenvalue weighted by Gasteiger charge is -2.09. The minimum absolute atomic E-state index is 0.240. The molecule has 0 aliphatic heterocycles. The third kappa shape index (κ3) is 3.73. The molecule has 4 rings (SSSR count). The largest absolute Gasteiger partial charge is 0.306 e. The molecular formula is C21H15ClN4O. The van der Waals surface area contributed by atoms with E-state index in [0.717, 1.165) is 11.4 Å². The molecule has 0 radical (unpaired) electrons. The Kier molecular flexibility index (Phi) is 4.68. The van der Waals surface area contributed by atoms with Gasteiger partial charge in [0.2, 0.25) is 0 Å². The molecule has 5 nitrogen and oxygen atoms in total. The normalized spacial score (nSPS) is 10.6. The zero-order valence-corrected chi connectivity index (χ0v) is 15.0. The number of benzene rings is 2. The minimum Gasteiger partial charge on any atom is -0.306 e. The average molecular weight is 375 g/mol. The summed E-state index contributed by atoms with van der Waals surface area (Å²) < 4.78 is 1.69. The molecule has 1 amide bonds. The number of anilines is 1. The minimum atomic E-state index is -0.240. The summed E-state index contributed by atoms with van der Waals surface area (Å²) in [6, 6.07) is 23.8. The number of hydrogen-bond donors (Lipinski definition) is 1. The maximum atomic E-state index is 12.6. The lowest BCUT2D eigenvalue weighted by molar-refractivity contribution is 0.102. The van der Waals surface area contributed by atoms with E-state index in [1.54, 1.807) is 35.1 Å². The molecule has 132 valence electrons. The van der Waals surface area contributed by atoms with E-state index in [1.165, 1.54) is 0 Å². The van der Waals surface area contributed by atoms with Crippen molar-refractivity contribution in [3.63, 3.8) is 0 Å². The zero-order valence-electron chi connectivity index (χ0n) is 14.2. The van der Waals surface area contributed by atoms with Gasteiger partial charge < -0.3 is 5.32 Å². The Morgan fingerprint density at radius 3 is 2.33 bits per heavy atom. The highest BCUT2D eigenvalue weighted by Crippen LogP contribution is 2.24. The molecule has 1 N–H and O–H groups in total. The molecule has 0 aliphatic carbocycles. The van der Waals surface area contributed by atoms with Crippen molar-refractivity contribution in [2.45, 2.75) is 0 Å². The van der Waals surface area contributed by atoms with Crippen molar-refractivity contribution < 1.29 is 4.79 Å². The maximum Gasteiger partial charge on any atom is 0.256 e. The van der Waals surface area contributed by atoms with Gasteiger partial charge in [0.15, 0.2) is 0 Å². The summed E-state index contributed by atoms with van der Waals surface area (Å²) in [4.78, 5) is 17.0. The first-order chi connectivity index (χ1) is 13.2. The number of rotatable bonds is 4. The molecule has 27 heavy (non-hydrogen) atoms. The fourth-order valence-electron chi connectivity index (χ4n) is 2.67. The number of amides is 1. The van der Waals surface area contributed by atoms with E-state index < -0.39 is 0 Å². The number of aromatic nitrogens is 3. The molecule has 2 aromatic heterocycles. The fraction of sp³-hybridized carbons (Fsp3) is 0. The van der Waals surface area contributed by atoms with Crippen molar-refractivity contribution in [2.24, 2.45) is 0 Å². The first-order valence-corrected chi connectivity index (χ1v) is 8.72. The van der Waals surface area contributed by atoms with Crippen LogP contribution in [-0.2, 0) is 0 Å². The molecule has 0 unspecified atom stereocenters. The molecule has 0 spiro atoms. The molecule has 6 heteroatoms. The fourth-order valence-corrected chi connectivity index (χ4v) is 2.79. The molecule has 4 aromatic rings. The van der Waals surface area contributed by atoms with Crippen molar-refractivity contribution in [2.75, 3.05) is 5.32 Å². The standard InChI is InChI=1S/C21H15ClN4O/c22-16-11-9-15(10-12-16)21(27)24-20-14-19(18-8-4-5-13-23-18)25-26(20)17-6-2-1-3-7-17/h1-14H,(H,24,27). The molecule has 0 saturated carbocycles. The highest BCUT2D eigenvalue weighted by atomic mass is 35.5. The van der Waals surface area contributed by atoms with Crippen LogP contribution in [0.1, 0.15) is 10.4 Å². The predicted octanol–water partition coefficient (Wildman–Crippen LogP) is 4.84. The molecule has 0 bridgehead atoms. The van der Waals surface area contributed by atoms with Crippen LogP contribution in [0.3, 0.4) is 0 Å². The van der Waals surface area contributed by atoms with Gasteiger partial charge in [-0.1, -0.05) is 35.9 Å².